The van der Waals surface area contributed by atoms with Crippen molar-refractivity contribution in [1.82, 2.24) is 14.8 Å². The molecule has 0 radical (unpaired) electrons. The van der Waals surface area contributed by atoms with Crippen LogP contribution >= 0.6 is 23.6 Å². The normalized spacial score (nSPS) is 13.8. The number of para-hydroxylation sites is 1. The average molecular weight is 384 g/mol. The zero-order chi connectivity index (χ0) is 18.1. The lowest BCUT2D eigenvalue weighted by molar-refractivity contribution is -0.933. The van der Waals surface area contributed by atoms with Crippen LogP contribution in [0.1, 0.15) is 18.0 Å². The van der Waals surface area contributed by atoms with Crippen LogP contribution in [0.15, 0.2) is 59.0 Å². The van der Waals surface area contributed by atoms with Gasteiger partial charge in [-0.15, -0.1) is 16.4 Å². The summed E-state index contributed by atoms with van der Waals surface area (Å²) in [6, 6.07) is 18.3. The summed E-state index contributed by atoms with van der Waals surface area (Å²) in [6.07, 6.45) is 0. The first kappa shape index (κ1) is 17.1. The smallest absolute Gasteiger partial charge is 0.292 e. The third-order valence-electron chi connectivity index (χ3n) is 4.45. The number of aromatic nitrogens is 3. The van der Waals surface area contributed by atoms with Crippen molar-refractivity contribution in [3.8, 4) is 11.5 Å². The molecular formula is C19H19N4OS2+. The topological polar surface area (TPSA) is 48.3 Å². The molecule has 2 heterocycles. The van der Waals surface area contributed by atoms with Gasteiger partial charge in [0, 0.05) is 5.56 Å². The molecule has 2 aromatic carbocycles. The van der Waals surface area contributed by atoms with E-state index in [-0.39, 0.29) is 6.04 Å². The van der Waals surface area contributed by atoms with E-state index in [1.165, 1.54) is 9.60 Å². The molecule has 0 aliphatic rings. The van der Waals surface area contributed by atoms with Crippen molar-refractivity contribution in [3.05, 3.63) is 64.4 Å². The summed E-state index contributed by atoms with van der Waals surface area (Å²) >= 11 is 7.09. The van der Waals surface area contributed by atoms with Crippen LogP contribution in [0.3, 0.4) is 0 Å². The highest BCUT2D eigenvalue weighted by atomic mass is 32.1. The predicted molar refractivity (Wildman–Crippen MR) is 106 cm³/mol. The summed E-state index contributed by atoms with van der Waals surface area (Å²) in [4.78, 5) is 6.40. The molecular weight excluding hydrogens is 364 g/mol. The van der Waals surface area contributed by atoms with Gasteiger partial charge in [-0.05, 0) is 43.4 Å². The first-order valence-corrected chi connectivity index (χ1v) is 9.65. The molecule has 132 valence electrons. The Balaban J connectivity index is 1.55. The van der Waals surface area contributed by atoms with Crippen LogP contribution in [0.2, 0.25) is 0 Å². The van der Waals surface area contributed by atoms with Crippen molar-refractivity contribution >= 4 is 33.8 Å². The summed E-state index contributed by atoms with van der Waals surface area (Å²) < 4.78 is 8.64. The maximum absolute atomic E-state index is 5.68. The highest BCUT2D eigenvalue weighted by Gasteiger charge is 2.21. The van der Waals surface area contributed by atoms with E-state index in [4.69, 9.17) is 21.6 Å². The standard InChI is InChI=1S/C19H18N4OS2/c1-13(18-20-15-10-6-7-11-16(15)26-18)22(2)12-23-19(25)24-17(21-23)14-8-4-3-5-9-14/h3-11,13H,12H2,1-2H3/p+1/t13-/m0/s1. The highest BCUT2D eigenvalue weighted by Crippen LogP contribution is 2.24. The Morgan fingerprint density at radius 2 is 1.88 bits per heavy atom. The minimum absolute atomic E-state index is 0.228. The summed E-state index contributed by atoms with van der Waals surface area (Å²) in [6.45, 7) is 2.79. The van der Waals surface area contributed by atoms with Gasteiger partial charge in [0.05, 0.1) is 17.3 Å². The molecule has 26 heavy (non-hydrogen) atoms. The molecule has 1 N–H and O–H groups in total. The molecule has 0 saturated carbocycles. The monoisotopic (exact) mass is 383 g/mol. The van der Waals surface area contributed by atoms with Crippen LogP contribution in [0.4, 0.5) is 0 Å². The van der Waals surface area contributed by atoms with Gasteiger partial charge in [-0.25, -0.2) is 4.98 Å². The third-order valence-corrected chi connectivity index (χ3v) is 5.96. The average Bonchev–Trinajstić information content (AvgIpc) is 3.25. The van der Waals surface area contributed by atoms with Gasteiger partial charge in [0.25, 0.3) is 4.84 Å². The fourth-order valence-corrected chi connectivity index (χ4v) is 4.06. The lowest BCUT2D eigenvalue weighted by atomic mass is 10.2. The van der Waals surface area contributed by atoms with Crippen LogP contribution in [-0.2, 0) is 6.67 Å². The van der Waals surface area contributed by atoms with Crippen LogP contribution in [0, 0.1) is 4.84 Å². The summed E-state index contributed by atoms with van der Waals surface area (Å²) in [5.74, 6) is 0.552. The minimum Gasteiger partial charge on any atom is -0.409 e. The van der Waals surface area contributed by atoms with Crippen molar-refractivity contribution in [2.45, 2.75) is 19.6 Å². The molecule has 2 atom stereocenters. The van der Waals surface area contributed by atoms with Gasteiger partial charge in [0.15, 0.2) is 11.7 Å². The van der Waals surface area contributed by atoms with Crippen LogP contribution < -0.4 is 4.90 Å². The van der Waals surface area contributed by atoms with Crippen LogP contribution in [0.25, 0.3) is 21.7 Å². The van der Waals surface area contributed by atoms with Crippen molar-refractivity contribution < 1.29 is 9.32 Å². The molecule has 0 saturated heterocycles. The number of nitrogens with zero attached hydrogens (tertiary/aromatic N) is 3. The number of thiazole rings is 1. The largest absolute Gasteiger partial charge is 0.409 e. The van der Waals surface area contributed by atoms with Gasteiger partial charge in [-0.1, -0.05) is 30.3 Å². The van der Waals surface area contributed by atoms with E-state index in [0.29, 0.717) is 17.4 Å². The van der Waals surface area contributed by atoms with E-state index >= 15 is 0 Å². The number of hydrogen-bond acceptors (Lipinski definition) is 5. The molecule has 7 heteroatoms. The lowest BCUT2D eigenvalue weighted by Crippen LogP contribution is -3.08. The number of fused-ring (bicyclic) bond motifs is 1. The minimum atomic E-state index is 0.228. The predicted octanol–water partition coefficient (Wildman–Crippen LogP) is 3.72. The Labute approximate surface area is 160 Å². The molecule has 0 amide bonds. The van der Waals surface area contributed by atoms with Crippen LogP contribution in [-0.4, -0.2) is 21.8 Å². The fourth-order valence-electron chi connectivity index (χ4n) is 2.76. The molecule has 2 aromatic heterocycles. The number of nitrogens with one attached hydrogen (secondary N) is 1. The molecule has 0 spiro atoms. The molecule has 4 aromatic rings. The summed E-state index contributed by atoms with van der Waals surface area (Å²) in [7, 11) is 2.12. The molecule has 0 fully saturated rings. The molecule has 4 rings (SSSR count). The number of benzene rings is 2. The second-order valence-corrected chi connectivity index (χ2v) is 7.70. The van der Waals surface area contributed by atoms with E-state index < -0.39 is 0 Å². The summed E-state index contributed by atoms with van der Waals surface area (Å²) in [5, 5.41) is 5.66. The van der Waals surface area contributed by atoms with E-state index in [2.05, 4.69) is 31.2 Å². The SMILES string of the molecule is C[C@@H](c1nc2ccccc2s1)[NH+](C)Cn1nc(-c2ccccc2)oc1=S. The lowest BCUT2D eigenvalue weighted by Gasteiger charge is -2.19. The Morgan fingerprint density at radius 3 is 2.65 bits per heavy atom. The van der Waals surface area contributed by atoms with Crippen molar-refractivity contribution in [2.24, 2.45) is 0 Å². The fraction of sp³-hybridized carbons (Fsp3) is 0.211. The van der Waals surface area contributed by atoms with Gasteiger partial charge < -0.3 is 9.32 Å². The molecule has 0 aliphatic carbocycles. The van der Waals surface area contributed by atoms with Gasteiger partial charge in [-0.3, -0.25) is 0 Å². The van der Waals surface area contributed by atoms with Crippen LogP contribution in [0.5, 0.6) is 0 Å². The Hall–Kier alpha value is -2.35. The van der Waals surface area contributed by atoms with E-state index in [0.717, 1.165) is 16.1 Å². The molecule has 0 aliphatic heterocycles. The zero-order valence-corrected chi connectivity index (χ0v) is 16.2. The van der Waals surface area contributed by atoms with Gasteiger partial charge in [-0.2, -0.15) is 4.68 Å². The van der Waals surface area contributed by atoms with Gasteiger partial charge >= 0.3 is 0 Å². The quantitative estimate of drug-likeness (QED) is 0.534. The molecule has 5 nitrogen and oxygen atoms in total. The first-order valence-electron chi connectivity index (χ1n) is 8.43. The van der Waals surface area contributed by atoms with Crippen molar-refractivity contribution in [3.63, 3.8) is 0 Å². The van der Waals surface area contributed by atoms with Crippen molar-refractivity contribution in [2.75, 3.05) is 7.05 Å². The number of hydrogen-bond donors (Lipinski definition) is 1. The first-order chi connectivity index (χ1) is 12.6. The third kappa shape index (κ3) is 3.33. The van der Waals surface area contributed by atoms with Gasteiger partial charge in [0.1, 0.15) is 6.04 Å². The maximum Gasteiger partial charge on any atom is 0.292 e. The van der Waals surface area contributed by atoms with E-state index in [1.807, 2.05) is 42.5 Å². The summed E-state index contributed by atoms with van der Waals surface area (Å²) in [5.41, 5.74) is 1.98. The molecule has 1 unspecified atom stereocenters. The van der Waals surface area contributed by atoms with Crippen molar-refractivity contribution in [1.29, 1.82) is 0 Å². The second-order valence-electron chi connectivity index (χ2n) is 6.28. The molecule has 0 bridgehead atoms. The second kappa shape index (κ2) is 7.11. The Kier molecular flexibility index (Phi) is 4.67. The highest BCUT2D eigenvalue weighted by molar-refractivity contribution is 7.71. The maximum atomic E-state index is 5.68. The zero-order valence-electron chi connectivity index (χ0n) is 14.5. The number of quaternary nitrogens is 1. The van der Waals surface area contributed by atoms with E-state index in [1.54, 1.807) is 16.0 Å². The Bertz CT molecular complexity index is 1050. The van der Waals surface area contributed by atoms with E-state index in [9.17, 15) is 0 Å². The Morgan fingerprint density at radius 1 is 1.15 bits per heavy atom. The van der Waals surface area contributed by atoms with Gasteiger partial charge in [0.2, 0.25) is 5.89 Å². The number of rotatable bonds is 5.